The third kappa shape index (κ3) is 4.42. The van der Waals surface area contributed by atoms with E-state index in [-0.39, 0.29) is 24.8 Å². The Hall–Kier alpha value is -1.62. The van der Waals surface area contributed by atoms with Crippen molar-refractivity contribution in [1.29, 1.82) is 0 Å². The number of nitrogens with one attached hydrogen (secondary N) is 2. The van der Waals surface area contributed by atoms with Crippen LogP contribution in [0.1, 0.15) is 6.42 Å². The highest BCUT2D eigenvalue weighted by molar-refractivity contribution is 5.75. The summed E-state index contributed by atoms with van der Waals surface area (Å²) in [6.45, 7) is 0.263. The van der Waals surface area contributed by atoms with Crippen LogP contribution in [-0.2, 0) is 4.79 Å². The van der Waals surface area contributed by atoms with Crippen molar-refractivity contribution in [1.82, 2.24) is 10.9 Å². The molecule has 1 amide bonds. The summed E-state index contributed by atoms with van der Waals surface area (Å²) in [5.74, 6) is 0.0866. The molecule has 0 aromatic heterocycles. The molecule has 1 rings (SSSR count). The van der Waals surface area contributed by atoms with Crippen LogP contribution in [0, 0.1) is 5.82 Å². The molecule has 0 fully saturated rings. The molecule has 0 heterocycles. The number of hydrazine groups is 1. The van der Waals surface area contributed by atoms with Crippen molar-refractivity contribution in [3.05, 3.63) is 30.1 Å². The fourth-order valence-electron chi connectivity index (χ4n) is 0.994. The largest absolute Gasteiger partial charge is 0.493 e. The minimum absolute atomic E-state index is 0.153. The van der Waals surface area contributed by atoms with E-state index in [1.54, 1.807) is 7.05 Å². The Labute approximate surface area is 87.4 Å². The first-order valence-electron chi connectivity index (χ1n) is 4.56. The van der Waals surface area contributed by atoms with Gasteiger partial charge in [0.05, 0.1) is 13.0 Å². The molecule has 0 bridgehead atoms. The third-order valence-electron chi connectivity index (χ3n) is 1.68. The first kappa shape index (κ1) is 11.5. The molecule has 0 unspecified atom stereocenters. The summed E-state index contributed by atoms with van der Waals surface area (Å²) in [5, 5.41) is 0. The van der Waals surface area contributed by atoms with Gasteiger partial charge in [0.15, 0.2) is 0 Å². The Bertz CT molecular complexity index is 314. The second-order valence-corrected chi connectivity index (χ2v) is 2.85. The minimum atomic E-state index is -0.310. The Morgan fingerprint density at radius 3 is 2.67 bits per heavy atom. The van der Waals surface area contributed by atoms with Gasteiger partial charge in [-0.2, -0.15) is 0 Å². The number of ether oxygens (including phenoxy) is 1. The van der Waals surface area contributed by atoms with Crippen LogP contribution in [-0.4, -0.2) is 19.6 Å². The van der Waals surface area contributed by atoms with E-state index in [1.807, 2.05) is 0 Å². The third-order valence-corrected chi connectivity index (χ3v) is 1.68. The summed E-state index contributed by atoms with van der Waals surface area (Å²) >= 11 is 0. The van der Waals surface area contributed by atoms with Gasteiger partial charge in [0.1, 0.15) is 11.6 Å². The van der Waals surface area contributed by atoms with Crippen molar-refractivity contribution in [3.63, 3.8) is 0 Å². The number of benzene rings is 1. The molecule has 5 heteroatoms. The van der Waals surface area contributed by atoms with Crippen LogP contribution >= 0.6 is 0 Å². The van der Waals surface area contributed by atoms with Gasteiger partial charge in [-0.05, 0) is 24.3 Å². The molecule has 0 atom stereocenters. The van der Waals surface area contributed by atoms with Crippen LogP contribution < -0.4 is 15.6 Å². The summed E-state index contributed by atoms with van der Waals surface area (Å²) in [5.41, 5.74) is 4.93. The summed E-state index contributed by atoms with van der Waals surface area (Å²) in [4.78, 5) is 11.0. The second kappa shape index (κ2) is 5.98. The molecule has 0 saturated carbocycles. The first-order chi connectivity index (χ1) is 7.22. The second-order valence-electron chi connectivity index (χ2n) is 2.85. The number of carbonyl (C=O) groups is 1. The van der Waals surface area contributed by atoms with Crippen LogP contribution in [0.15, 0.2) is 24.3 Å². The van der Waals surface area contributed by atoms with Gasteiger partial charge >= 0.3 is 0 Å². The van der Waals surface area contributed by atoms with Crippen molar-refractivity contribution in [2.75, 3.05) is 13.7 Å². The van der Waals surface area contributed by atoms with Crippen LogP contribution in [0.25, 0.3) is 0 Å². The van der Waals surface area contributed by atoms with Gasteiger partial charge in [0.25, 0.3) is 0 Å². The van der Waals surface area contributed by atoms with Crippen molar-refractivity contribution in [2.45, 2.75) is 6.42 Å². The molecule has 0 aliphatic carbocycles. The monoisotopic (exact) mass is 212 g/mol. The Balaban J connectivity index is 2.26. The van der Waals surface area contributed by atoms with Crippen LogP contribution in [0.3, 0.4) is 0 Å². The number of hydrogen-bond donors (Lipinski definition) is 2. The maximum Gasteiger partial charge on any atom is 0.237 e. The topological polar surface area (TPSA) is 50.4 Å². The van der Waals surface area contributed by atoms with Gasteiger partial charge in [-0.1, -0.05) is 0 Å². The minimum Gasteiger partial charge on any atom is -0.493 e. The van der Waals surface area contributed by atoms with Gasteiger partial charge in [0.2, 0.25) is 5.91 Å². The Morgan fingerprint density at radius 1 is 1.40 bits per heavy atom. The highest BCUT2D eigenvalue weighted by Crippen LogP contribution is 2.10. The molecule has 2 N–H and O–H groups in total. The molecule has 15 heavy (non-hydrogen) atoms. The van der Waals surface area contributed by atoms with Crippen LogP contribution in [0.4, 0.5) is 4.39 Å². The molecular formula is C10H13FN2O2. The van der Waals surface area contributed by atoms with Gasteiger partial charge in [-0.3, -0.25) is 10.2 Å². The maximum absolute atomic E-state index is 12.5. The average Bonchev–Trinajstić information content (AvgIpc) is 2.21. The SMILES string of the molecule is CNNC(=O)CCOc1ccc(F)cc1. The van der Waals surface area contributed by atoms with Gasteiger partial charge in [0, 0.05) is 7.05 Å². The number of carbonyl (C=O) groups excluding carboxylic acids is 1. The first-order valence-corrected chi connectivity index (χ1v) is 4.56. The molecule has 0 saturated heterocycles. The fraction of sp³-hybridized carbons (Fsp3) is 0.300. The molecule has 0 radical (unpaired) electrons. The predicted molar refractivity (Wildman–Crippen MR) is 53.7 cm³/mol. The normalized spacial score (nSPS) is 9.73. The zero-order valence-corrected chi connectivity index (χ0v) is 8.42. The molecule has 4 nitrogen and oxygen atoms in total. The number of halogens is 1. The van der Waals surface area contributed by atoms with Crippen molar-refractivity contribution in [3.8, 4) is 5.75 Å². The van der Waals surface area contributed by atoms with E-state index in [4.69, 9.17) is 4.74 Å². The summed E-state index contributed by atoms with van der Waals surface area (Å²) in [6, 6.07) is 5.66. The predicted octanol–water partition coefficient (Wildman–Crippen LogP) is 0.845. The van der Waals surface area contributed by atoms with E-state index in [1.165, 1.54) is 24.3 Å². The summed E-state index contributed by atoms with van der Waals surface area (Å²) < 4.78 is 17.7. The smallest absolute Gasteiger partial charge is 0.237 e. The van der Waals surface area contributed by atoms with Gasteiger partial charge < -0.3 is 4.74 Å². The molecule has 0 spiro atoms. The van der Waals surface area contributed by atoms with Gasteiger partial charge in [-0.15, -0.1) is 0 Å². The fourth-order valence-corrected chi connectivity index (χ4v) is 0.994. The summed E-state index contributed by atoms with van der Waals surface area (Å²) in [6.07, 6.45) is 0.248. The molecule has 0 aliphatic rings. The van der Waals surface area contributed by atoms with E-state index in [2.05, 4.69) is 10.9 Å². The lowest BCUT2D eigenvalue weighted by atomic mass is 10.3. The highest BCUT2D eigenvalue weighted by Gasteiger charge is 2.00. The summed E-state index contributed by atoms with van der Waals surface area (Å²) in [7, 11) is 1.61. The van der Waals surface area contributed by atoms with E-state index in [9.17, 15) is 9.18 Å². The average molecular weight is 212 g/mol. The lowest BCUT2D eigenvalue weighted by molar-refractivity contribution is -0.122. The Morgan fingerprint density at radius 2 is 2.07 bits per heavy atom. The molecule has 1 aromatic carbocycles. The maximum atomic E-state index is 12.5. The van der Waals surface area contributed by atoms with E-state index in [0.29, 0.717) is 5.75 Å². The van der Waals surface area contributed by atoms with E-state index < -0.39 is 0 Å². The van der Waals surface area contributed by atoms with E-state index >= 15 is 0 Å². The number of amides is 1. The van der Waals surface area contributed by atoms with Gasteiger partial charge in [-0.25, -0.2) is 9.82 Å². The number of hydrogen-bond acceptors (Lipinski definition) is 3. The van der Waals surface area contributed by atoms with Crippen LogP contribution in [0.2, 0.25) is 0 Å². The Kier molecular flexibility index (Phi) is 4.56. The van der Waals surface area contributed by atoms with E-state index in [0.717, 1.165) is 0 Å². The van der Waals surface area contributed by atoms with Crippen LogP contribution in [0.5, 0.6) is 5.75 Å². The lowest BCUT2D eigenvalue weighted by Crippen LogP contribution is -2.34. The molecule has 82 valence electrons. The highest BCUT2D eigenvalue weighted by atomic mass is 19.1. The lowest BCUT2D eigenvalue weighted by Gasteiger charge is -2.05. The quantitative estimate of drug-likeness (QED) is 0.711. The zero-order valence-electron chi connectivity index (χ0n) is 8.42. The zero-order chi connectivity index (χ0) is 11.1. The molecule has 0 aliphatic heterocycles. The van der Waals surface area contributed by atoms with Crippen molar-refractivity contribution < 1.29 is 13.9 Å². The molecule has 1 aromatic rings. The molecular weight excluding hydrogens is 199 g/mol. The van der Waals surface area contributed by atoms with Crippen molar-refractivity contribution in [2.24, 2.45) is 0 Å². The number of rotatable bonds is 5. The van der Waals surface area contributed by atoms with Crippen molar-refractivity contribution >= 4 is 5.91 Å². The standard InChI is InChI=1S/C10H13FN2O2/c1-12-13-10(14)6-7-15-9-4-2-8(11)3-5-9/h2-5,12H,6-7H2,1H3,(H,13,14).